The lowest BCUT2D eigenvalue weighted by Gasteiger charge is -2.20. The van der Waals surface area contributed by atoms with Crippen molar-refractivity contribution in [3.63, 3.8) is 0 Å². The molecule has 0 radical (unpaired) electrons. The van der Waals surface area contributed by atoms with Crippen LogP contribution in [0.1, 0.15) is 36.6 Å². The maximum Gasteiger partial charge on any atom is 0.0953 e. The topological polar surface area (TPSA) is 29.9 Å². The molecule has 2 atom stereocenters. The van der Waals surface area contributed by atoms with Crippen LogP contribution < -0.4 is 5.32 Å². The van der Waals surface area contributed by atoms with Crippen molar-refractivity contribution in [2.45, 2.75) is 25.3 Å². The first-order valence-electron chi connectivity index (χ1n) is 6.74. The van der Waals surface area contributed by atoms with Gasteiger partial charge in [0.1, 0.15) is 0 Å². The van der Waals surface area contributed by atoms with Crippen molar-refractivity contribution in [3.05, 3.63) is 53.1 Å². The zero-order valence-electron chi connectivity index (χ0n) is 11.0. The van der Waals surface area contributed by atoms with Crippen molar-refractivity contribution in [2.24, 2.45) is 0 Å². The second-order valence-corrected chi connectivity index (χ2v) is 5.52. The molecular weight excluding hydrogens is 258 g/mol. The average molecular weight is 276 g/mol. The van der Waals surface area contributed by atoms with Gasteiger partial charge in [0.05, 0.1) is 12.4 Å². The first kappa shape index (κ1) is 12.7. The standard InChI is InChI=1S/C15H18ClN3/c1-11(13-4-2-3-5-14(13)16)19-10-18-9-15(19)12-6-7-17-8-12/h2-5,9-12,17H,6-8H2,1H3. The van der Waals surface area contributed by atoms with Gasteiger partial charge < -0.3 is 9.88 Å². The molecule has 0 amide bonds. The molecule has 2 aromatic rings. The molecule has 2 unspecified atom stereocenters. The van der Waals surface area contributed by atoms with Gasteiger partial charge in [0.15, 0.2) is 0 Å². The summed E-state index contributed by atoms with van der Waals surface area (Å²) in [6, 6.07) is 8.25. The van der Waals surface area contributed by atoms with E-state index in [0.717, 1.165) is 23.7 Å². The fourth-order valence-electron chi connectivity index (χ4n) is 2.83. The lowest BCUT2D eigenvalue weighted by Crippen LogP contribution is -2.14. The highest BCUT2D eigenvalue weighted by molar-refractivity contribution is 6.31. The van der Waals surface area contributed by atoms with E-state index in [-0.39, 0.29) is 6.04 Å². The predicted molar refractivity (Wildman–Crippen MR) is 77.7 cm³/mol. The van der Waals surface area contributed by atoms with E-state index in [2.05, 4.69) is 27.9 Å². The van der Waals surface area contributed by atoms with Gasteiger partial charge in [0.2, 0.25) is 0 Å². The lowest BCUT2D eigenvalue weighted by atomic mass is 10.0. The van der Waals surface area contributed by atoms with Crippen molar-refractivity contribution in [1.82, 2.24) is 14.9 Å². The smallest absolute Gasteiger partial charge is 0.0953 e. The normalized spacial score (nSPS) is 20.6. The molecule has 100 valence electrons. The van der Waals surface area contributed by atoms with Crippen LogP contribution in [0.5, 0.6) is 0 Å². The van der Waals surface area contributed by atoms with Crippen molar-refractivity contribution in [3.8, 4) is 0 Å². The highest BCUT2D eigenvalue weighted by Crippen LogP contribution is 2.30. The minimum atomic E-state index is 0.215. The molecule has 1 aromatic carbocycles. The number of hydrogen-bond acceptors (Lipinski definition) is 2. The Bertz CT molecular complexity index is 558. The highest BCUT2D eigenvalue weighted by atomic mass is 35.5. The van der Waals surface area contributed by atoms with Gasteiger partial charge in [-0.05, 0) is 31.5 Å². The monoisotopic (exact) mass is 275 g/mol. The van der Waals surface area contributed by atoms with Crippen LogP contribution >= 0.6 is 11.6 Å². The second-order valence-electron chi connectivity index (χ2n) is 5.11. The number of rotatable bonds is 3. The number of nitrogens with one attached hydrogen (secondary N) is 1. The van der Waals surface area contributed by atoms with Crippen LogP contribution in [0, 0.1) is 0 Å². The molecule has 1 saturated heterocycles. The molecule has 1 aliphatic rings. The minimum Gasteiger partial charge on any atom is -0.327 e. The molecule has 0 aliphatic carbocycles. The fraction of sp³-hybridized carbons (Fsp3) is 0.400. The third kappa shape index (κ3) is 2.40. The summed E-state index contributed by atoms with van der Waals surface area (Å²) >= 11 is 6.30. The van der Waals surface area contributed by atoms with E-state index in [1.54, 1.807) is 0 Å². The number of aromatic nitrogens is 2. The molecule has 1 aromatic heterocycles. The zero-order valence-corrected chi connectivity index (χ0v) is 11.8. The molecule has 4 heteroatoms. The molecule has 1 aliphatic heterocycles. The molecule has 0 bridgehead atoms. The van der Waals surface area contributed by atoms with E-state index < -0.39 is 0 Å². The Morgan fingerprint density at radius 1 is 1.42 bits per heavy atom. The molecular formula is C15H18ClN3. The van der Waals surface area contributed by atoms with E-state index in [1.807, 2.05) is 30.7 Å². The summed E-state index contributed by atoms with van der Waals surface area (Å²) < 4.78 is 2.25. The molecule has 0 saturated carbocycles. The fourth-order valence-corrected chi connectivity index (χ4v) is 3.12. The summed E-state index contributed by atoms with van der Waals surface area (Å²) in [6.45, 7) is 4.31. The Morgan fingerprint density at radius 2 is 2.26 bits per heavy atom. The lowest BCUT2D eigenvalue weighted by molar-refractivity contribution is 0.574. The third-order valence-corrected chi connectivity index (χ3v) is 4.29. The quantitative estimate of drug-likeness (QED) is 0.932. The molecule has 3 rings (SSSR count). The van der Waals surface area contributed by atoms with Gasteiger partial charge in [0.25, 0.3) is 0 Å². The third-order valence-electron chi connectivity index (χ3n) is 3.95. The van der Waals surface area contributed by atoms with E-state index >= 15 is 0 Å². The first-order chi connectivity index (χ1) is 9.27. The molecule has 3 nitrogen and oxygen atoms in total. The summed E-state index contributed by atoms with van der Waals surface area (Å²) in [6.07, 6.45) is 5.09. The maximum absolute atomic E-state index is 6.30. The number of nitrogens with zero attached hydrogens (tertiary/aromatic N) is 2. The van der Waals surface area contributed by atoms with Crippen molar-refractivity contribution >= 4 is 11.6 Å². The van der Waals surface area contributed by atoms with Crippen LogP contribution in [-0.2, 0) is 0 Å². The molecule has 1 fully saturated rings. The Labute approximate surface area is 118 Å². The van der Waals surface area contributed by atoms with Crippen LogP contribution in [0.3, 0.4) is 0 Å². The highest BCUT2D eigenvalue weighted by Gasteiger charge is 2.23. The summed E-state index contributed by atoms with van der Waals surface area (Å²) in [5.74, 6) is 0.562. The van der Waals surface area contributed by atoms with E-state index in [0.29, 0.717) is 5.92 Å². The van der Waals surface area contributed by atoms with Gasteiger partial charge in [0, 0.05) is 29.4 Å². The maximum atomic E-state index is 6.30. The number of hydrogen-bond donors (Lipinski definition) is 1. The largest absolute Gasteiger partial charge is 0.327 e. The average Bonchev–Trinajstić information content (AvgIpc) is 3.09. The molecule has 1 N–H and O–H groups in total. The van der Waals surface area contributed by atoms with E-state index in [1.165, 1.54) is 12.1 Å². The van der Waals surface area contributed by atoms with Gasteiger partial charge in [-0.1, -0.05) is 29.8 Å². The summed E-state index contributed by atoms with van der Waals surface area (Å²) in [4.78, 5) is 4.34. The Morgan fingerprint density at radius 3 is 3.00 bits per heavy atom. The van der Waals surface area contributed by atoms with Gasteiger partial charge in [-0.2, -0.15) is 0 Å². The van der Waals surface area contributed by atoms with Crippen LogP contribution in [-0.4, -0.2) is 22.6 Å². The van der Waals surface area contributed by atoms with Gasteiger partial charge >= 0.3 is 0 Å². The van der Waals surface area contributed by atoms with Crippen molar-refractivity contribution < 1.29 is 0 Å². The molecule has 0 spiro atoms. The predicted octanol–water partition coefficient (Wildman–Crippen LogP) is 3.22. The Hall–Kier alpha value is -1.32. The van der Waals surface area contributed by atoms with E-state index in [9.17, 15) is 0 Å². The van der Waals surface area contributed by atoms with Crippen LogP contribution in [0.15, 0.2) is 36.8 Å². The number of imidazole rings is 1. The SMILES string of the molecule is CC(c1ccccc1Cl)n1cncc1C1CCNC1. The first-order valence-corrected chi connectivity index (χ1v) is 7.12. The van der Waals surface area contributed by atoms with Crippen molar-refractivity contribution in [1.29, 1.82) is 0 Å². The number of benzene rings is 1. The Balaban J connectivity index is 1.94. The summed E-state index contributed by atoms with van der Waals surface area (Å²) in [5, 5.41) is 4.23. The van der Waals surface area contributed by atoms with E-state index in [4.69, 9.17) is 11.6 Å². The summed E-state index contributed by atoms with van der Waals surface area (Å²) in [5.41, 5.74) is 2.45. The Kier molecular flexibility index (Phi) is 3.58. The zero-order chi connectivity index (χ0) is 13.2. The van der Waals surface area contributed by atoms with Gasteiger partial charge in [-0.3, -0.25) is 0 Å². The molecule has 2 heterocycles. The van der Waals surface area contributed by atoms with Crippen LogP contribution in [0.2, 0.25) is 5.02 Å². The minimum absolute atomic E-state index is 0.215. The van der Waals surface area contributed by atoms with Crippen LogP contribution in [0.25, 0.3) is 0 Å². The van der Waals surface area contributed by atoms with Gasteiger partial charge in [-0.15, -0.1) is 0 Å². The van der Waals surface area contributed by atoms with Crippen LogP contribution in [0.4, 0.5) is 0 Å². The van der Waals surface area contributed by atoms with Gasteiger partial charge in [-0.25, -0.2) is 4.98 Å². The summed E-state index contributed by atoms with van der Waals surface area (Å²) in [7, 11) is 0. The molecule has 19 heavy (non-hydrogen) atoms. The van der Waals surface area contributed by atoms with Crippen molar-refractivity contribution in [2.75, 3.05) is 13.1 Å². The second kappa shape index (κ2) is 5.35. The number of halogens is 1.